The highest BCUT2D eigenvalue weighted by Crippen LogP contribution is 2.25. The van der Waals surface area contributed by atoms with Crippen molar-refractivity contribution in [2.45, 2.75) is 51.2 Å². The number of nitrogens with one attached hydrogen (secondary N) is 1. The molecule has 35 heavy (non-hydrogen) atoms. The van der Waals surface area contributed by atoms with Crippen molar-refractivity contribution in [3.63, 3.8) is 0 Å². The van der Waals surface area contributed by atoms with Crippen LogP contribution in [0.4, 0.5) is 0 Å². The molecule has 3 rings (SSSR count). The molecule has 1 unspecified atom stereocenters. The molecule has 2 amide bonds. The SMILES string of the molecule is CN(CC#N)C(=O)/C(=C/CCCCC(=O)NOC1CCCCO1)COc1cccc2ccccc12. The lowest BCUT2D eigenvalue weighted by molar-refractivity contribution is -0.200. The first-order chi connectivity index (χ1) is 17.1. The molecule has 8 nitrogen and oxygen atoms in total. The van der Waals surface area contributed by atoms with E-state index in [4.69, 9.17) is 19.6 Å². The number of amides is 2. The second-order valence-electron chi connectivity index (χ2n) is 8.50. The zero-order chi connectivity index (χ0) is 24.9. The fourth-order valence-corrected chi connectivity index (χ4v) is 3.80. The van der Waals surface area contributed by atoms with Crippen LogP contribution >= 0.6 is 0 Å². The Morgan fingerprint density at radius 1 is 1.20 bits per heavy atom. The van der Waals surface area contributed by atoms with E-state index < -0.39 is 0 Å². The monoisotopic (exact) mass is 479 g/mol. The highest BCUT2D eigenvalue weighted by Gasteiger charge is 2.17. The third-order valence-corrected chi connectivity index (χ3v) is 5.75. The number of unbranched alkanes of at least 4 members (excludes halogenated alkanes) is 2. The van der Waals surface area contributed by atoms with Gasteiger partial charge >= 0.3 is 0 Å². The van der Waals surface area contributed by atoms with Crippen LogP contribution in [0.25, 0.3) is 10.8 Å². The molecule has 186 valence electrons. The van der Waals surface area contributed by atoms with E-state index in [1.54, 1.807) is 7.05 Å². The van der Waals surface area contributed by atoms with Crippen molar-refractivity contribution in [2.75, 3.05) is 26.8 Å². The average Bonchev–Trinajstić information content (AvgIpc) is 2.89. The molecule has 1 heterocycles. The number of fused-ring (bicyclic) bond motifs is 1. The Bertz CT molecular complexity index is 1050. The Kier molecular flexibility index (Phi) is 10.6. The van der Waals surface area contributed by atoms with E-state index in [0.29, 0.717) is 37.2 Å². The number of allylic oxidation sites excluding steroid dienone is 1. The number of nitriles is 1. The topological polar surface area (TPSA) is 101 Å². The molecule has 1 saturated heterocycles. The third-order valence-electron chi connectivity index (χ3n) is 5.75. The Balaban J connectivity index is 1.51. The number of nitrogens with zero attached hydrogens (tertiary/aromatic N) is 2. The largest absolute Gasteiger partial charge is 0.488 e. The van der Waals surface area contributed by atoms with Gasteiger partial charge in [-0.2, -0.15) is 5.26 Å². The van der Waals surface area contributed by atoms with Crippen LogP contribution in [0, 0.1) is 11.3 Å². The van der Waals surface area contributed by atoms with Gasteiger partial charge < -0.3 is 14.4 Å². The molecule has 0 aromatic heterocycles. The minimum absolute atomic E-state index is 0.00464. The lowest BCUT2D eigenvalue weighted by atomic mass is 10.1. The second kappa shape index (κ2) is 14.1. The van der Waals surface area contributed by atoms with Gasteiger partial charge in [-0.25, -0.2) is 10.3 Å². The zero-order valence-corrected chi connectivity index (χ0v) is 20.2. The van der Waals surface area contributed by atoms with Crippen LogP contribution in [0.1, 0.15) is 44.9 Å². The van der Waals surface area contributed by atoms with Gasteiger partial charge in [-0.15, -0.1) is 0 Å². The molecule has 1 atom stereocenters. The summed E-state index contributed by atoms with van der Waals surface area (Å²) in [6.45, 7) is 0.745. The molecule has 2 aromatic carbocycles. The zero-order valence-electron chi connectivity index (χ0n) is 20.2. The highest BCUT2D eigenvalue weighted by atomic mass is 16.8. The highest BCUT2D eigenvalue weighted by molar-refractivity contribution is 5.94. The summed E-state index contributed by atoms with van der Waals surface area (Å²) in [6.07, 6.45) is 6.61. The summed E-state index contributed by atoms with van der Waals surface area (Å²) in [6, 6.07) is 15.7. The van der Waals surface area contributed by atoms with Gasteiger partial charge in [-0.3, -0.25) is 9.59 Å². The molecule has 0 radical (unpaired) electrons. The fraction of sp³-hybridized carbons (Fsp3) is 0.444. The Labute approximate surface area is 206 Å². The molecule has 1 aliphatic rings. The van der Waals surface area contributed by atoms with E-state index in [1.807, 2.05) is 54.6 Å². The number of carbonyl (C=O) groups is 2. The number of rotatable bonds is 12. The lowest BCUT2D eigenvalue weighted by Gasteiger charge is -2.22. The molecule has 0 spiro atoms. The van der Waals surface area contributed by atoms with Gasteiger partial charge in [0.05, 0.1) is 11.6 Å². The van der Waals surface area contributed by atoms with Crippen LogP contribution in [0.2, 0.25) is 0 Å². The molecule has 1 aliphatic heterocycles. The summed E-state index contributed by atoms with van der Waals surface area (Å²) in [5, 5.41) is 11.0. The van der Waals surface area contributed by atoms with Crippen LogP contribution < -0.4 is 10.2 Å². The Morgan fingerprint density at radius 2 is 2.03 bits per heavy atom. The number of hydrogen-bond donors (Lipinski definition) is 1. The molecular formula is C27H33N3O5. The van der Waals surface area contributed by atoms with E-state index in [-0.39, 0.29) is 31.3 Å². The van der Waals surface area contributed by atoms with E-state index in [1.165, 1.54) is 4.90 Å². The van der Waals surface area contributed by atoms with E-state index in [9.17, 15) is 9.59 Å². The van der Waals surface area contributed by atoms with E-state index in [0.717, 1.165) is 36.5 Å². The van der Waals surface area contributed by atoms with Crippen LogP contribution in [0.15, 0.2) is 54.1 Å². The molecule has 8 heteroatoms. The van der Waals surface area contributed by atoms with Gasteiger partial charge in [0.2, 0.25) is 5.91 Å². The van der Waals surface area contributed by atoms with Crippen LogP contribution in [0.3, 0.4) is 0 Å². The Hall–Kier alpha value is -3.41. The maximum atomic E-state index is 12.9. The predicted octanol–water partition coefficient (Wildman–Crippen LogP) is 4.26. The molecule has 1 fully saturated rings. The number of carbonyl (C=O) groups excluding carboxylic acids is 2. The van der Waals surface area contributed by atoms with Crippen LogP contribution in [-0.2, 0) is 19.2 Å². The normalized spacial score (nSPS) is 15.9. The average molecular weight is 480 g/mol. The predicted molar refractivity (Wildman–Crippen MR) is 132 cm³/mol. The minimum atomic E-state index is -0.365. The first kappa shape index (κ1) is 26.2. The number of benzene rings is 2. The van der Waals surface area contributed by atoms with Gasteiger partial charge in [-0.1, -0.05) is 42.5 Å². The second-order valence-corrected chi connectivity index (χ2v) is 8.50. The molecule has 1 N–H and O–H groups in total. The number of hydrogen-bond acceptors (Lipinski definition) is 6. The summed E-state index contributed by atoms with van der Waals surface area (Å²) in [5.41, 5.74) is 2.95. The summed E-state index contributed by atoms with van der Waals surface area (Å²) < 4.78 is 11.4. The molecule has 0 bridgehead atoms. The van der Waals surface area contributed by atoms with Crippen molar-refractivity contribution >= 4 is 22.6 Å². The molecule has 0 saturated carbocycles. The molecule has 0 aliphatic carbocycles. The smallest absolute Gasteiger partial charge is 0.253 e. The summed E-state index contributed by atoms with van der Waals surface area (Å²) in [7, 11) is 1.59. The maximum Gasteiger partial charge on any atom is 0.253 e. The van der Waals surface area contributed by atoms with Crippen LogP contribution in [0.5, 0.6) is 5.75 Å². The van der Waals surface area contributed by atoms with Crippen molar-refractivity contribution in [1.82, 2.24) is 10.4 Å². The van der Waals surface area contributed by atoms with Crippen molar-refractivity contribution in [3.05, 3.63) is 54.1 Å². The van der Waals surface area contributed by atoms with Crippen molar-refractivity contribution in [1.29, 1.82) is 5.26 Å². The number of likely N-dealkylation sites (N-methyl/N-ethyl adjacent to an activating group) is 1. The number of ether oxygens (including phenoxy) is 2. The van der Waals surface area contributed by atoms with Gasteiger partial charge in [0.15, 0.2) is 6.29 Å². The van der Waals surface area contributed by atoms with Crippen molar-refractivity contribution in [3.8, 4) is 11.8 Å². The summed E-state index contributed by atoms with van der Waals surface area (Å²) in [5.74, 6) is 0.265. The van der Waals surface area contributed by atoms with Crippen molar-refractivity contribution in [2.24, 2.45) is 0 Å². The first-order valence-corrected chi connectivity index (χ1v) is 12.1. The molecular weight excluding hydrogens is 446 g/mol. The van der Waals surface area contributed by atoms with E-state index in [2.05, 4.69) is 5.48 Å². The van der Waals surface area contributed by atoms with Crippen LogP contribution in [-0.4, -0.2) is 49.8 Å². The summed E-state index contributed by atoms with van der Waals surface area (Å²) in [4.78, 5) is 31.5. The van der Waals surface area contributed by atoms with Gasteiger partial charge in [0, 0.05) is 31.9 Å². The Morgan fingerprint density at radius 3 is 2.83 bits per heavy atom. The number of hydroxylamine groups is 1. The van der Waals surface area contributed by atoms with E-state index >= 15 is 0 Å². The first-order valence-electron chi connectivity index (χ1n) is 12.1. The lowest BCUT2D eigenvalue weighted by Crippen LogP contribution is -2.32. The van der Waals surface area contributed by atoms with Gasteiger partial charge in [-0.05, 0) is 43.6 Å². The standard InChI is InChI=1S/C27H33N3O5/c1-30(18-17-28)27(32)22(20-34-24-14-9-12-21-10-5-6-13-23(21)24)11-3-2-4-15-25(31)29-35-26-16-7-8-19-33-26/h5-6,9-14,26H,2-4,7-8,15-16,18-20H2,1H3,(H,29,31)/b22-11+. The van der Waals surface area contributed by atoms with Gasteiger partial charge in [0.1, 0.15) is 18.9 Å². The fourth-order valence-electron chi connectivity index (χ4n) is 3.80. The molecule has 2 aromatic rings. The van der Waals surface area contributed by atoms with Gasteiger partial charge in [0.25, 0.3) is 5.91 Å². The quantitative estimate of drug-likeness (QED) is 0.211. The van der Waals surface area contributed by atoms with Crippen molar-refractivity contribution < 1.29 is 23.9 Å². The maximum absolute atomic E-state index is 12.9. The summed E-state index contributed by atoms with van der Waals surface area (Å²) >= 11 is 0. The minimum Gasteiger partial charge on any atom is -0.488 e. The third kappa shape index (κ3) is 8.39.